The Bertz CT molecular complexity index is 508. The topological polar surface area (TPSA) is 26.3 Å². The van der Waals surface area contributed by atoms with E-state index in [9.17, 15) is 9.18 Å². The molecule has 0 aromatic heterocycles. The van der Waals surface area contributed by atoms with Gasteiger partial charge in [-0.15, -0.1) is 0 Å². The monoisotopic (exact) mass is 294 g/mol. The molecule has 108 valence electrons. The molecule has 1 fully saturated rings. The van der Waals surface area contributed by atoms with Crippen LogP contribution in [0, 0.1) is 23.1 Å². The summed E-state index contributed by atoms with van der Waals surface area (Å²) in [6.07, 6.45) is 2.05. The molecule has 1 aliphatic rings. The number of allylic oxidation sites excluding steroid dienone is 1. The molecule has 0 spiro atoms. The van der Waals surface area contributed by atoms with Crippen LogP contribution in [0.15, 0.2) is 40.6 Å². The van der Waals surface area contributed by atoms with Crippen molar-refractivity contribution in [2.45, 2.75) is 25.7 Å². The fourth-order valence-corrected chi connectivity index (χ4v) is 3.13. The summed E-state index contributed by atoms with van der Waals surface area (Å²) >= 11 is 1.53. The quantitative estimate of drug-likeness (QED) is 0.599. The molecule has 0 saturated heterocycles. The molecule has 1 aromatic rings. The first-order valence-electron chi connectivity index (χ1n) is 6.72. The van der Waals surface area contributed by atoms with Gasteiger partial charge >= 0.3 is 5.97 Å². The maximum absolute atomic E-state index is 12.8. The first kappa shape index (κ1) is 15.1. The van der Waals surface area contributed by atoms with Crippen LogP contribution in [0.5, 0.6) is 0 Å². The molecule has 0 heterocycles. The van der Waals surface area contributed by atoms with Gasteiger partial charge < -0.3 is 4.74 Å². The molecule has 0 amide bonds. The second kappa shape index (κ2) is 6.00. The molecule has 1 aromatic carbocycles. The summed E-state index contributed by atoms with van der Waals surface area (Å²) in [5.74, 6) is -0.176. The number of thioether (sulfide) groups is 1. The molecule has 20 heavy (non-hydrogen) atoms. The predicted octanol–water partition coefficient (Wildman–Crippen LogP) is 4.27. The zero-order valence-corrected chi connectivity index (χ0v) is 12.7. The fourth-order valence-electron chi connectivity index (χ4n) is 2.43. The SMILES string of the molecule is CCOC(=O)C1C(/C=C/Sc2ccc(F)cc2)C1(C)C. The van der Waals surface area contributed by atoms with Crippen LogP contribution in [-0.4, -0.2) is 12.6 Å². The Morgan fingerprint density at radius 1 is 1.40 bits per heavy atom. The van der Waals surface area contributed by atoms with E-state index in [-0.39, 0.29) is 29.0 Å². The molecule has 2 unspecified atom stereocenters. The zero-order chi connectivity index (χ0) is 14.8. The van der Waals surface area contributed by atoms with E-state index in [1.807, 2.05) is 12.3 Å². The van der Waals surface area contributed by atoms with Gasteiger partial charge in [-0.2, -0.15) is 0 Å². The highest BCUT2D eigenvalue weighted by atomic mass is 32.2. The number of rotatable bonds is 5. The van der Waals surface area contributed by atoms with Crippen LogP contribution in [0.1, 0.15) is 20.8 Å². The Kier molecular flexibility index (Phi) is 4.53. The van der Waals surface area contributed by atoms with E-state index in [2.05, 4.69) is 19.9 Å². The van der Waals surface area contributed by atoms with Gasteiger partial charge in [0.25, 0.3) is 0 Å². The normalized spacial score (nSPS) is 23.8. The van der Waals surface area contributed by atoms with Gasteiger partial charge in [0.2, 0.25) is 0 Å². The minimum absolute atomic E-state index is 0.0356. The van der Waals surface area contributed by atoms with Crippen molar-refractivity contribution in [3.05, 3.63) is 41.6 Å². The van der Waals surface area contributed by atoms with Crippen LogP contribution in [0.2, 0.25) is 0 Å². The minimum atomic E-state index is -0.232. The summed E-state index contributed by atoms with van der Waals surface area (Å²) in [6, 6.07) is 6.37. The molecule has 0 bridgehead atoms. The molecular formula is C16H19FO2S. The summed E-state index contributed by atoms with van der Waals surface area (Å²) in [4.78, 5) is 12.8. The summed E-state index contributed by atoms with van der Waals surface area (Å²) in [5.41, 5.74) is -0.0356. The molecule has 0 aliphatic heterocycles. The highest BCUT2D eigenvalue weighted by molar-refractivity contribution is 8.02. The molecule has 0 N–H and O–H groups in total. The number of carbonyl (C=O) groups is 1. The summed E-state index contributed by atoms with van der Waals surface area (Å²) < 4.78 is 17.9. The number of esters is 1. The maximum Gasteiger partial charge on any atom is 0.310 e. The van der Waals surface area contributed by atoms with Crippen LogP contribution in [0.4, 0.5) is 4.39 Å². The van der Waals surface area contributed by atoms with Gasteiger partial charge in [-0.1, -0.05) is 31.7 Å². The fraction of sp³-hybridized carbons (Fsp3) is 0.438. The van der Waals surface area contributed by atoms with E-state index >= 15 is 0 Å². The summed E-state index contributed by atoms with van der Waals surface area (Å²) in [5, 5.41) is 1.97. The number of benzene rings is 1. The average Bonchev–Trinajstić information content (AvgIpc) is 2.94. The highest BCUT2D eigenvalue weighted by Crippen LogP contribution is 2.59. The second-order valence-electron chi connectivity index (χ2n) is 5.48. The zero-order valence-electron chi connectivity index (χ0n) is 11.9. The molecule has 2 rings (SSSR count). The van der Waals surface area contributed by atoms with Crippen LogP contribution in [0.3, 0.4) is 0 Å². The standard InChI is InChI=1S/C16H19FO2S/c1-4-19-15(18)14-13(16(14,2)3)9-10-20-12-7-5-11(17)6-8-12/h5-10,13-14H,4H2,1-3H3/b10-9+. The summed E-state index contributed by atoms with van der Waals surface area (Å²) in [6.45, 7) is 6.40. The first-order chi connectivity index (χ1) is 9.46. The third-order valence-electron chi connectivity index (χ3n) is 3.75. The third-order valence-corrected chi connectivity index (χ3v) is 4.59. The van der Waals surface area contributed by atoms with Gasteiger partial charge in [0.1, 0.15) is 5.82 Å². The first-order valence-corrected chi connectivity index (χ1v) is 7.60. The van der Waals surface area contributed by atoms with E-state index in [1.165, 1.54) is 23.9 Å². The van der Waals surface area contributed by atoms with Crippen molar-refractivity contribution in [1.82, 2.24) is 0 Å². The van der Waals surface area contributed by atoms with Gasteiger partial charge in [-0.05, 0) is 47.9 Å². The van der Waals surface area contributed by atoms with Crippen molar-refractivity contribution in [1.29, 1.82) is 0 Å². The molecule has 4 heteroatoms. The van der Waals surface area contributed by atoms with Gasteiger partial charge in [-0.3, -0.25) is 4.79 Å². The number of hydrogen-bond donors (Lipinski definition) is 0. The minimum Gasteiger partial charge on any atom is -0.466 e. The lowest BCUT2D eigenvalue weighted by molar-refractivity contribution is -0.145. The van der Waals surface area contributed by atoms with Gasteiger partial charge in [0, 0.05) is 4.90 Å². The van der Waals surface area contributed by atoms with Crippen LogP contribution in [-0.2, 0) is 9.53 Å². The largest absolute Gasteiger partial charge is 0.466 e. The molecular weight excluding hydrogens is 275 g/mol. The van der Waals surface area contributed by atoms with E-state index in [0.717, 1.165) is 4.90 Å². The Morgan fingerprint density at radius 3 is 2.65 bits per heavy atom. The Labute approximate surface area is 123 Å². The number of ether oxygens (including phenoxy) is 1. The molecule has 1 saturated carbocycles. The van der Waals surface area contributed by atoms with Crippen molar-refractivity contribution in [2.24, 2.45) is 17.3 Å². The number of carbonyl (C=O) groups excluding carboxylic acids is 1. The second-order valence-corrected chi connectivity index (χ2v) is 6.46. The number of halogens is 1. The highest BCUT2D eigenvalue weighted by Gasteiger charge is 2.61. The average molecular weight is 294 g/mol. The van der Waals surface area contributed by atoms with E-state index in [0.29, 0.717) is 6.61 Å². The predicted molar refractivity (Wildman–Crippen MR) is 78.8 cm³/mol. The lowest BCUT2D eigenvalue weighted by Gasteiger charge is -2.01. The van der Waals surface area contributed by atoms with Crippen LogP contribution >= 0.6 is 11.8 Å². The van der Waals surface area contributed by atoms with E-state index in [1.54, 1.807) is 12.1 Å². The lowest BCUT2D eigenvalue weighted by atomic mass is 10.1. The molecule has 0 radical (unpaired) electrons. The van der Waals surface area contributed by atoms with Gasteiger partial charge in [0.05, 0.1) is 12.5 Å². The van der Waals surface area contributed by atoms with Crippen LogP contribution in [0.25, 0.3) is 0 Å². The Morgan fingerprint density at radius 2 is 2.05 bits per heavy atom. The number of hydrogen-bond acceptors (Lipinski definition) is 3. The van der Waals surface area contributed by atoms with Gasteiger partial charge in [-0.25, -0.2) is 4.39 Å². The van der Waals surface area contributed by atoms with Crippen LogP contribution < -0.4 is 0 Å². The molecule has 2 nitrogen and oxygen atoms in total. The van der Waals surface area contributed by atoms with Crippen molar-refractivity contribution < 1.29 is 13.9 Å². The van der Waals surface area contributed by atoms with Gasteiger partial charge in [0.15, 0.2) is 0 Å². The maximum atomic E-state index is 12.8. The Hall–Kier alpha value is -1.29. The molecule has 1 aliphatic carbocycles. The van der Waals surface area contributed by atoms with Crippen molar-refractivity contribution in [2.75, 3.05) is 6.61 Å². The van der Waals surface area contributed by atoms with Crippen molar-refractivity contribution in [3.8, 4) is 0 Å². The molecule has 2 atom stereocenters. The smallest absolute Gasteiger partial charge is 0.310 e. The van der Waals surface area contributed by atoms with Crippen molar-refractivity contribution >= 4 is 17.7 Å². The summed E-state index contributed by atoms with van der Waals surface area (Å²) in [7, 11) is 0. The van der Waals surface area contributed by atoms with Crippen molar-refractivity contribution in [3.63, 3.8) is 0 Å². The third kappa shape index (κ3) is 3.23. The van der Waals surface area contributed by atoms with E-state index in [4.69, 9.17) is 4.74 Å². The van der Waals surface area contributed by atoms with E-state index < -0.39 is 0 Å². The Balaban J connectivity index is 1.92. The lowest BCUT2D eigenvalue weighted by Crippen LogP contribution is -2.10.